The average molecular weight is 486 g/mol. The number of pyridine rings is 1. The number of nitrogens with one attached hydrogen (secondary N) is 2. The van der Waals surface area contributed by atoms with Gasteiger partial charge in [-0.15, -0.1) is 0 Å². The Hall–Kier alpha value is -3.93. The molecule has 0 atom stereocenters. The van der Waals surface area contributed by atoms with Crippen LogP contribution in [0, 0.1) is 11.3 Å². The zero-order valence-corrected chi connectivity index (χ0v) is 20.7. The molecule has 0 spiro atoms. The third-order valence-corrected chi connectivity index (χ3v) is 5.95. The summed E-state index contributed by atoms with van der Waals surface area (Å²) in [5.74, 6) is 0.282. The highest BCUT2D eigenvalue weighted by atomic mass is 16.5. The Morgan fingerprint density at radius 3 is 2.69 bits per heavy atom. The Labute approximate surface area is 211 Å². The van der Waals surface area contributed by atoms with E-state index in [4.69, 9.17) is 14.5 Å². The number of aryl methyl sites for hydroxylation is 1. The topological polar surface area (TPSA) is 99.5 Å². The summed E-state index contributed by atoms with van der Waals surface area (Å²) in [5.41, 5.74) is 3.92. The van der Waals surface area contributed by atoms with Gasteiger partial charge in [-0.2, -0.15) is 5.26 Å². The van der Waals surface area contributed by atoms with Crippen molar-refractivity contribution in [3.05, 3.63) is 65.9 Å². The number of ether oxygens (including phenoxy) is 2. The van der Waals surface area contributed by atoms with Crippen LogP contribution >= 0.6 is 0 Å². The first kappa shape index (κ1) is 25.2. The van der Waals surface area contributed by atoms with Crippen LogP contribution < -0.4 is 15.4 Å². The number of carbonyl (C=O) groups excluding carboxylic acids is 1. The summed E-state index contributed by atoms with van der Waals surface area (Å²) >= 11 is 0. The van der Waals surface area contributed by atoms with Gasteiger partial charge in [-0.05, 0) is 31.5 Å². The van der Waals surface area contributed by atoms with Crippen molar-refractivity contribution in [2.45, 2.75) is 20.3 Å². The normalized spacial score (nSPS) is 14.0. The van der Waals surface area contributed by atoms with E-state index in [-0.39, 0.29) is 5.91 Å². The number of para-hydroxylation sites is 1. The number of benzene rings is 2. The molecule has 2 heterocycles. The number of fused-ring (bicyclic) bond motifs is 1. The standard InChI is InChI=1S/C28H31N5O3/c1-3-23-22(19-29)28(30-20-9-6-5-7-10-20)21-17-25(26(36-4-2)18-24(21)31-23)32-27(34)11-8-12-33-13-15-35-16-14-33/h5-11,17-18H,3-4,12-16H2,1-2H3,(H,30,31)(H,32,34)/b11-8+. The van der Waals surface area contributed by atoms with Crippen molar-refractivity contribution in [1.82, 2.24) is 9.88 Å². The van der Waals surface area contributed by atoms with Crippen LogP contribution in [0.15, 0.2) is 54.6 Å². The molecule has 0 radical (unpaired) electrons. The molecule has 1 saturated heterocycles. The van der Waals surface area contributed by atoms with Crippen LogP contribution in [0.25, 0.3) is 10.9 Å². The zero-order chi connectivity index (χ0) is 25.3. The second kappa shape index (κ2) is 12.2. The largest absolute Gasteiger partial charge is 0.492 e. The zero-order valence-electron chi connectivity index (χ0n) is 20.7. The van der Waals surface area contributed by atoms with Gasteiger partial charge in [0.05, 0.1) is 48.0 Å². The van der Waals surface area contributed by atoms with Crippen molar-refractivity contribution in [2.24, 2.45) is 0 Å². The Kier molecular flexibility index (Phi) is 8.50. The van der Waals surface area contributed by atoms with E-state index >= 15 is 0 Å². The molecule has 1 aliphatic heterocycles. The second-order valence-electron chi connectivity index (χ2n) is 8.37. The molecule has 2 aromatic carbocycles. The quantitative estimate of drug-likeness (QED) is 0.426. The van der Waals surface area contributed by atoms with Crippen molar-refractivity contribution in [3.8, 4) is 11.8 Å². The lowest BCUT2D eigenvalue weighted by atomic mass is 10.0. The SMILES string of the molecule is CCOc1cc2nc(CC)c(C#N)c(Nc3ccccc3)c2cc1NC(=O)/C=C/CN1CCOCC1. The van der Waals surface area contributed by atoms with Gasteiger partial charge in [-0.3, -0.25) is 14.7 Å². The molecule has 1 aliphatic rings. The fourth-order valence-corrected chi connectivity index (χ4v) is 4.15. The predicted octanol–water partition coefficient (Wildman–Crippen LogP) is 4.64. The number of amides is 1. The second-order valence-corrected chi connectivity index (χ2v) is 8.37. The van der Waals surface area contributed by atoms with Gasteiger partial charge < -0.3 is 20.1 Å². The van der Waals surface area contributed by atoms with Crippen LogP contribution in [0.1, 0.15) is 25.1 Å². The van der Waals surface area contributed by atoms with E-state index in [0.717, 1.165) is 24.2 Å². The summed E-state index contributed by atoms with van der Waals surface area (Å²) in [6.45, 7) is 8.14. The first-order valence-electron chi connectivity index (χ1n) is 12.3. The molecule has 8 heteroatoms. The average Bonchev–Trinajstić information content (AvgIpc) is 2.90. The minimum Gasteiger partial charge on any atom is -0.492 e. The van der Waals surface area contributed by atoms with E-state index < -0.39 is 0 Å². The highest BCUT2D eigenvalue weighted by Gasteiger charge is 2.18. The third-order valence-electron chi connectivity index (χ3n) is 5.95. The lowest BCUT2D eigenvalue weighted by molar-refractivity contribution is -0.111. The van der Waals surface area contributed by atoms with Gasteiger partial charge in [0, 0.05) is 42.9 Å². The molecule has 2 N–H and O–H groups in total. The molecule has 0 aliphatic carbocycles. The molecule has 1 fully saturated rings. The molecule has 1 aromatic heterocycles. The molecule has 8 nitrogen and oxygen atoms in total. The first-order valence-corrected chi connectivity index (χ1v) is 12.3. The van der Waals surface area contributed by atoms with E-state index in [9.17, 15) is 10.1 Å². The van der Waals surface area contributed by atoms with Crippen LogP contribution in [-0.4, -0.2) is 55.2 Å². The molecular weight excluding hydrogens is 454 g/mol. The van der Waals surface area contributed by atoms with Gasteiger partial charge in [0.1, 0.15) is 11.8 Å². The molecular formula is C28H31N5O3. The predicted molar refractivity (Wildman–Crippen MR) is 142 cm³/mol. The van der Waals surface area contributed by atoms with Gasteiger partial charge in [0.15, 0.2) is 0 Å². The maximum atomic E-state index is 12.8. The number of anilines is 3. The fourth-order valence-electron chi connectivity index (χ4n) is 4.15. The molecule has 186 valence electrons. The van der Waals surface area contributed by atoms with Crippen molar-refractivity contribution in [2.75, 3.05) is 50.1 Å². The summed E-state index contributed by atoms with van der Waals surface area (Å²) in [5, 5.41) is 17.1. The molecule has 1 amide bonds. The minimum absolute atomic E-state index is 0.250. The van der Waals surface area contributed by atoms with Crippen molar-refractivity contribution >= 4 is 33.9 Å². The highest BCUT2D eigenvalue weighted by Crippen LogP contribution is 2.37. The monoisotopic (exact) mass is 485 g/mol. The lowest BCUT2D eigenvalue weighted by Gasteiger charge is -2.25. The van der Waals surface area contributed by atoms with E-state index in [0.29, 0.717) is 66.7 Å². The highest BCUT2D eigenvalue weighted by molar-refractivity contribution is 6.05. The fraction of sp³-hybridized carbons (Fsp3) is 0.321. The molecule has 0 unspecified atom stereocenters. The molecule has 36 heavy (non-hydrogen) atoms. The number of hydrogen-bond acceptors (Lipinski definition) is 7. The third kappa shape index (κ3) is 6.00. The van der Waals surface area contributed by atoms with Crippen molar-refractivity contribution in [1.29, 1.82) is 5.26 Å². The summed E-state index contributed by atoms with van der Waals surface area (Å²) in [7, 11) is 0. The molecule has 4 rings (SSSR count). The van der Waals surface area contributed by atoms with E-state index in [1.165, 1.54) is 6.08 Å². The maximum Gasteiger partial charge on any atom is 0.248 e. The summed E-state index contributed by atoms with van der Waals surface area (Å²) in [4.78, 5) is 19.7. The van der Waals surface area contributed by atoms with Crippen LogP contribution in [0.5, 0.6) is 5.75 Å². The summed E-state index contributed by atoms with van der Waals surface area (Å²) in [6.07, 6.45) is 4.00. The molecule has 3 aromatic rings. The van der Waals surface area contributed by atoms with Gasteiger partial charge in [0.2, 0.25) is 5.91 Å². The number of morpholine rings is 1. The number of nitriles is 1. The summed E-state index contributed by atoms with van der Waals surface area (Å²) < 4.78 is 11.2. The Morgan fingerprint density at radius 1 is 1.22 bits per heavy atom. The van der Waals surface area contributed by atoms with Crippen LogP contribution in [0.3, 0.4) is 0 Å². The van der Waals surface area contributed by atoms with E-state index in [1.54, 1.807) is 0 Å². The number of aromatic nitrogens is 1. The first-order chi connectivity index (χ1) is 17.6. The number of nitrogens with zero attached hydrogens (tertiary/aromatic N) is 3. The smallest absolute Gasteiger partial charge is 0.248 e. The van der Waals surface area contributed by atoms with Crippen molar-refractivity contribution in [3.63, 3.8) is 0 Å². The number of hydrogen-bond donors (Lipinski definition) is 2. The van der Waals surface area contributed by atoms with E-state index in [1.807, 2.05) is 62.4 Å². The summed E-state index contributed by atoms with van der Waals surface area (Å²) in [6, 6.07) is 15.6. The molecule has 0 saturated carbocycles. The maximum absolute atomic E-state index is 12.8. The Bertz CT molecular complexity index is 1280. The van der Waals surface area contributed by atoms with E-state index in [2.05, 4.69) is 21.6 Å². The number of rotatable bonds is 9. The van der Waals surface area contributed by atoms with Gasteiger partial charge >= 0.3 is 0 Å². The van der Waals surface area contributed by atoms with Crippen LogP contribution in [0.4, 0.5) is 17.1 Å². The Morgan fingerprint density at radius 2 is 2.00 bits per heavy atom. The van der Waals surface area contributed by atoms with Gasteiger partial charge in [-0.1, -0.05) is 31.2 Å². The van der Waals surface area contributed by atoms with Crippen LogP contribution in [0.2, 0.25) is 0 Å². The van der Waals surface area contributed by atoms with Gasteiger partial charge in [0.25, 0.3) is 0 Å². The van der Waals surface area contributed by atoms with Gasteiger partial charge in [-0.25, -0.2) is 0 Å². The Balaban J connectivity index is 1.69. The lowest BCUT2D eigenvalue weighted by Crippen LogP contribution is -2.36. The molecule has 0 bridgehead atoms. The van der Waals surface area contributed by atoms with Crippen LogP contribution in [-0.2, 0) is 16.0 Å². The number of carbonyl (C=O) groups is 1. The van der Waals surface area contributed by atoms with Crippen molar-refractivity contribution < 1.29 is 14.3 Å². The minimum atomic E-state index is -0.250.